The average molecular weight is 297 g/mol. The fourth-order valence-corrected chi connectivity index (χ4v) is 0.750. The van der Waals surface area contributed by atoms with Crippen LogP contribution in [-0.4, -0.2) is 42.6 Å². The summed E-state index contributed by atoms with van der Waals surface area (Å²) >= 11 is 2.15. The van der Waals surface area contributed by atoms with Gasteiger partial charge in [-0.05, 0) is 32.4 Å². The van der Waals surface area contributed by atoms with Gasteiger partial charge in [0.05, 0.1) is 6.01 Å². The summed E-state index contributed by atoms with van der Waals surface area (Å²) in [4.78, 5) is 12.1. The standard InChI is InChI=1S/C8H17N3.CH3I/c1-5-8(11(3)4)10-7-9-6-2;1-2/h8H,5-6H2,1-4H3;1H3. The van der Waals surface area contributed by atoms with Crippen LogP contribution in [0.25, 0.3) is 0 Å². The molecule has 1 atom stereocenters. The molecular formula is C9H20IN3. The predicted octanol–water partition coefficient (Wildman–Crippen LogP) is 2.53. The number of hydrogen-bond acceptors (Lipinski definition) is 3. The maximum Gasteiger partial charge on any atom is 0.112 e. The van der Waals surface area contributed by atoms with Gasteiger partial charge in [0.25, 0.3) is 0 Å². The largest absolute Gasteiger partial charge is 0.287 e. The number of halogens is 1. The van der Waals surface area contributed by atoms with Crippen molar-refractivity contribution in [2.75, 3.05) is 25.6 Å². The zero-order chi connectivity index (χ0) is 10.7. The van der Waals surface area contributed by atoms with Crippen LogP contribution in [0.3, 0.4) is 0 Å². The van der Waals surface area contributed by atoms with Crippen molar-refractivity contribution in [1.29, 1.82) is 0 Å². The van der Waals surface area contributed by atoms with Crippen LogP contribution in [0, 0.1) is 0 Å². The number of aliphatic imine (C=N–C) groups is 2. The fourth-order valence-electron chi connectivity index (χ4n) is 0.750. The van der Waals surface area contributed by atoms with Crippen LogP contribution in [0.5, 0.6) is 0 Å². The van der Waals surface area contributed by atoms with Crippen LogP contribution in [0.4, 0.5) is 0 Å². The Morgan fingerprint density at radius 3 is 2.15 bits per heavy atom. The van der Waals surface area contributed by atoms with Crippen molar-refractivity contribution < 1.29 is 0 Å². The van der Waals surface area contributed by atoms with Crippen LogP contribution in [0.15, 0.2) is 9.98 Å². The molecule has 0 aliphatic rings. The van der Waals surface area contributed by atoms with Crippen molar-refractivity contribution in [3.8, 4) is 0 Å². The Hall–Kier alpha value is 0.0700. The van der Waals surface area contributed by atoms with E-state index in [0.717, 1.165) is 13.0 Å². The summed E-state index contributed by atoms with van der Waals surface area (Å²) in [6.07, 6.45) is 1.23. The molecule has 0 spiro atoms. The van der Waals surface area contributed by atoms with E-state index in [2.05, 4.69) is 50.4 Å². The quantitative estimate of drug-likeness (QED) is 0.445. The molecule has 0 bridgehead atoms. The van der Waals surface area contributed by atoms with E-state index in [1.807, 2.05) is 25.9 Å². The summed E-state index contributed by atoms with van der Waals surface area (Å²) in [5.41, 5.74) is 0. The van der Waals surface area contributed by atoms with E-state index in [-0.39, 0.29) is 6.17 Å². The maximum absolute atomic E-state index is 4.14. The van der Waals surface area contributed by atoms with Crippen molar-refractivity contribution in [2.45, 2.75) is 26.4 Å². The Labute approximate surface area is 95.5 Å². The normalized spacial score (nSPS) is 11.0. The van der Waals surface area contributed by atoms with Gasteiger partial charge in [0.1, 0.15) is 6.17 Å². The monoisotopic (exact) mass is 297 g/mol. The van der Waals surface area contributed by atoms with Gasteiger partial charge in [-0.2, -0.15) is 0 Å². The zero-order valence-electron chi connectivity index (χ0n) is 9.21. The van der Waals surface area contributed by atoms with Crippen LogP contribution in [0.1, 0.15) is 20.3 Å². The highest BCUT2D eigenvalue weighted by molar-refractivity contribution is 14.1. The molecule has 0 radical (unpaired) electrons. The summed E-state index contributed by atoms with van der Waals surface area (Å²) < 4.78 is 0. The van der Waals surface area contributed by atoms with Gasteiger partial charge in [-0.1, -0.05) is 29.5 Å². The van der Waals surface area contributed by atoms with Crippen LogP contribution in [-0.2, 0) is 0 Å². The second-order valence-electron chi connectivity index (χ2n) is 2.56. The SMILES string of the molecule is CCN=C=NC(CC)N(C)C.CI. The summed E-state index contributed by atoms with van der Waals surface area (Å²) in [6.45, 7) is 4.83. The second kappa shape index (κ2) is 12.1. The van der Waals surface area contributed by atoms with Crippen molar-refractivity contribution in [3.05, 3.63) is 0 Å². The third-order valence-electron chi connectivity index (χ3n) is 1.40. The first-order valence-electron chi connectivity index (χ1n) is 4.37. The zero-order valence-corrected chi connectivity index (χ0v) is 11.4. The Morgan fingerprint density at radius 1 is 1.31 bits per heavy atom. The predicted molar refractivity (Wildman–Crippen MR) is 68.1 cm³/mol. The highest BCUT2D eigenvalue weighted by Gasteiger charge is 2.03. The van der Waals surface area contributed by atoms with Gasteiger partial charge in [0.2, 0.25) is 0 Å². The lowest BCUT2D eigenvalue weighted by Crippen LogP contribution is -2.24. The summed E-state index contributed by atoms with van der Waals surface area (Å²) in [7, 11) is 4.01. The van der Waals surface area contributed by atoms with Crippen LogP contribution < -0.4 is 0 Å². The van der Waals surface area contributed by atoms with Gasteiger partial charge >= 0.3 is 0 Å². The summed E-state index contributed by atoms with van der Waals surface area (Å²) in [5, 5.41) is 0. The van der Waals surface area contributed by atoms with Crippen molar-refractivity contribution in [2.24, 2.45) is 9.98 Å². The molecule has 0 saturated heterocycles. The number of nitrogens with zero attached hydrogens (tertiary/aromatic N) is 3. The molecule has 4 heteroatoms. The first-order valence-corrected chi connectivity index (χ1v) is 6.53. The van der Waals surface area contributed by atoms with E-state index in [1.165, 1.54) is 0 Å². The minimum Gasteiger partial charge on any atom is -0.287 e. The number of alkyl halides is 1. The van der Waals surface area contributed by atoms with Gasteiger partial charge in [-0.15, -0.1) is 0 Å². The highest BCUT2D eigenvalue weighted by atomic mass is 127. The molecule has 13 heavy (non-hydrogen) atoms. The minimum atomic E-state index is 0.227. The van der Waals surface area contributed by atoms with Gasteiger partial charge < -0.3 is 0 Å². The minimum absolute atomic E-state index is 0.227. The lowest BCUT2D eigenvalue weighted by Gasteiger charge is -2.15. The van der Waals surface area contributed by atoms with Gasteiger partial charge in [0, 0.05) is 6.54 Å². The molecule has 1 unspecified atom stereocenters. The molecule has 0 aliphatic heterocycles. The molecule has 0 N–H and O–H groups in total. The van der Waals surface area contributed by atoms with E-state index >= 15 is 0 Å². The van der Waals surface area contributed by atoms with E-state index in [1.54, 1.807) is 0 Å². The van der Waals surface area contributed by atoms with E-state index in [4.69, 9.17) is 0 Å². The fraction of sp³-hybridized carbons (Fsp3) is 0.889. The topological polar surface area (TPSA) is 28.0 Å². The summed E-state index contributed by atoms with van der Waals surface area (Å²) in [6, 6.07) is 2.68. The smallest absolute Gasteiger partial charge is 0.112 e. The van der Waals surface area contributed by atoms with Crippen molar-refractivity contribution in [1.82, 2.24) is 4.90 Å². The third kappa shape index (κ3) is 9.99. The average Bonchev–Trinajstić information content (AvgIpc) is 2.15. The lowest BCUT2D eigenvalue weighted by molar-refractivity contribution is 0.296. The Morgan fingerprint density at radius 2 is 1.85 bits per heavy atom. The molecule has 0 aliphatic carbocycles. The first kappa shape index (κ1) is 15.5. The molecule has 78 valence electrons. The molecule has 0 rings (SSSR count). The van der Waals surface area contributed by atoms with Crippen molar-refractivity contribution >= 4 is 28.6 Å². The van der Waals surface area contributed by atoms with Gasteiger partial charge in [0.15, 0.2) is 0 Å². The first-order chi connectivity index (χ1) is 6.22. The van der Waals surface area contributed by atoms with E-state index in [0.29, 0.717) is 0 Å². The molecule has 3 nitrogen and oxygen atoms in total. The molecule has 0 fully saturated rings. The van der Waals surface area contributed by atoms with Crippen molar-refractivity contribution in [3.63, 3.8) is 0 Å². The molecule has 0 saturated carbocycles. The molecular weight excluding hydrogens is 277 g/mol. The van der Waals surface area contributed by atoms with E-state index < -0.39 is 0 Å². The molecule has 0 aromatic heterocycles. The number of rotatable bonds is 4. The molecule has 0 amide bonds. The third-order valence-corrected chi connectivity index (χ3v) is 1.40. The highest BCUT2D eigenvalue weighted by Crippen LogP contribution is 1.97. The second-order valence-corrected chi connectivity index (χ2v) is 2.56. The van der Waals surface area contributed by atoms with Crippen LogP contribution >= 0.6 is 22.6 Å². The Bertz CT molecular complexity index is 151. The maximum atomic E-state index is 4.14. The number of hydrogen-bond donors (Lipinski definition) is 0. The Kier molecular flexibility index (Phi) is 14.4. The summed E-state index contributed by atoms with van der Waals surface area (Å²) in [5.74, 6) is 0. The molecule has 0 heterocycles. The van der Waals surface area contributed by atoms with Gasteiger partial charge in [-0.25, -0.2) is 9.98 Å². The van der Waals surface area contributed by atoms with Crippen LogP contribution in [0.2, 0.25) is 0 Å². The Balaban J connectivity index is 0. The van der Waals surface area contributed by atoms with E-state index in [9.17, 15) is 0 Å². The molecule has 0 aromatic rings. The molecule has 0 aromatic carbocycles. The lowest BCUT2D eigenvalue weighted by atomic mass is 10.4. The van der Waals surface area contributed by atoms with Gasteiger partial charge in [-0.3, -0.25) is 4.90 Å².